The van der Waals surface area contributed by atoms with Gasteiger partial charge in [-0.2, -0.15) is 0 Å². The van der Waals surface area contributed by atoms with Gasteiger partial charge in [0.15, 0.2) is 6.61 Å². The lowest BCUT2D eigenvalue weighted by Crippen LogP contribution is -2.24. The molecule has 4 aromatic rings. The molecule has 32 heavy (non-hydrogen) atoms. The molecular formula is C25H22N2O5. The number of hydrogen-bond donors (Lipinski definition) is 1. The van der Waals surface area contributed by atoms with Crippen LogP contribution in [0.1, 0.15) is 21.6 Å². The average molecular weight is 430 g/mol. The first-order chi connectivity index (χ1) is 15.4. The molecule has 0 aliphatic heterocycles. The van der Waals surface area contributed by atoms with E-state index in [2.05, 4.69) is 4.74 Å². The molecule has 7 heteroatoms. The molecule has 1 amide bonds. The van der Waals surface area contributed by atoms with E-state index in [0.717, 1.165) is 16.3 Å². The van der Waals surface area contributed by atoms with Crippen LogP contribution in [-0.4, -0.2) is 35.9 Å². The largest absolute Gasteiger partial charge is 0.481 e. The maximum Gasteiger partial charge on any atom is 0.343 e. The second-order valence-electron chi connectivity index (χ2n) is 7.39. The summed E-state index contributed by atoms with van der Waals surface area (Å²) < 4.78 is 12.2. The van der Waals surface area contributed by atoms with Gasteiger partial charge in [-0.05, 0) is 35.4 Å². The Bertz CT molecular complexity index is 1360. The molecule has 0 radical (unpaired) electrons. The Morgan fingerprint density at radius 2 is 1.69 bits per heavy atom. The molecule has 0 fully saturated rings. The number of aromatic nitrogens is 1. The van der Waals surface area contributed by atoms with Crippen LogP contribution in [0.5, 0.6) is 5.75 Å². The van der Waals surface area contributed by atoms with Crippen LogP contribution in [0.15, 0.2) is 60.7 Å². The van der Waals surface area contributed by atoms with E-state index in [0.29, 0.717) is 28.9 Å². The second-order valence-corrected chi connectivity index (χ2v) is 7.39. The molecule has 0 aliphatic carbocycles. The fourth-order valence-electron chi connectivity index (χ4n) is 4.01. The summed E-state index contributed by atoms with van der Waals surface area (Å²) in [4.78, 5) is 36.2. The molecule has 4 rings (SSSR count). The van der Waals surface area contributed by atoms with E-state index in [-0.39, 0.29) is 12.2 Å². The van der Waals surface area contributed by atoms with Gasteiger partial charge in [-0.25, -0.2) is 4.79 Å². The van der Waals surface area contributed by atoms with E-state index >= 15 is 0 Å². The summed E-state index contributed by atoms with van der Waals surface area (Å²) in [6, 6.07) is 19.4. The smallest absolute Gasteiger partial charge is 0.343 e. The van der Waals surface area contributed by atoms with Gasteiger partial charge in [-0.15, -0.1) is 0 Å². The normalized spacial score (nSPS) is 10.9. The lowest BCUT2D eigenvalue weighted by Gasteiger charge is -2.12. The minimum absolute atomic E-state index is 0.174. The van der Waals surface area contributed by atoms with Gasteiger partial charge >= 0.3 is 5.97 Å². The third-order valence-electron chi connectivity index (χ3n) is 5.54. The van der Waals surface area contributed by atoms with Crippen LogP contribution in [0.3, 0.4) is 0 Å². The first-order valence-electron chi connectivity index (χ1n) is 10.0. The molecule has 0 saturated heterocycles. The van der Waals surface area contributed by atoms with Crippen LogP contribution in [0.4, 0.5) is 0 Å². The van der Waals surface area contributed by atoms with E-state index < -0.39 is 17.7 Å². The lowest BCUT2D eigenvalue weighted by atomic mass is 10.0. The summed E-state index contributed by atoms with van der Waals surface area (Å²) in [6.45, 7) is 1.91. The van der Waals surface area contributed by atoms with E-state index in [1.807, 2.05) is 53.1 Å². The van der Waals surface area contributed by atoms with Crippen molar-refractivity contribution >= 4 is 39.3 Å². The van der Waals surface area contributed by atoms with Crippen molar-refractivity contribution in [2.75, 3.05) is 13.7 Å². The van der Waals surface area contributed by atoms with Crippen LogP contribution in [0, 0.1) is 6.92 Å². The minimum Gasteiger partial charge on any atom is -0.481 e. The second kappa shape index (κ2) is 8.55. The maximum absolute atomic E-state index is 12.8. The van der Waals surface area contributed by atoms with Crippen LogP contribution >= 0.6 is 0 Å². The number of esters is 1. The number of methoxy groups -OCH3 is 1. The number of Topliss-reactive ketones (excluding diaryl/α,β-unsaturated/α-hetero) is 1. The molecule has 3 aromatic carbocycles. The molecule has 162 valence electrons. The van der Waals surface area contributed by atoms with Crippen LogP contribution < -0.4 is 10.5 Å². The molecular weight excluding hydrogens is 408 g/mol. The third kappa shape index (κ3) is 3.69. The summed E-state index contributed by atoms with van der Waals surface area (Å²) in [5.74, 6) is -2.12. The van der Waals surface area contributed by atoms with Gasteiger partial charge in [0.25, 0.3) is 11.7 Å². The highest BCUT2D eigenvalue weighted by atomic mass is 16.6. The zero-order valence-electron chi connectivity index (χ0n) is 17.8. The number of amides is 1. The van der Waals surface area contributed by atoms with Crippen molar-refractivity contribution in [3.05, 3.63) is 77.5 Å². The molecule has 1 aromatic heterocycles. The zero-order valence-corrected chi connectivity index (χ0v) is 17.8. The van der Waals surface area contributed by atoms with E-state index in [1.165, 1.54) is 7.11 Å². The minimum atomic E-state index is -1.06. The quantitative estimate of drug-likeness (QED) is 0.275. The van der Waals surface area contributed by atoms with E-state index in [1.54, 1.807) is 19.1 Å². The molecule has 2 N–H and O–H groups in total. The molecule has 0 saturated carbocycles. The highest BCUT2D eigenvalue weighted by Crippen LogP contribution is 2.35. The van der Waals surface area contributed by atoms with Gasteiger partial charge < -0.3 is 19.8 Å². The van der Waals surface area contributed by atoms with E-state index in [4.69, 9.17) is 10.5 Å². The van der Waals surface area contributed by atoms with E-state index in [9.17, 15) is 14.4 Å². The number of nitrogens with two attached hydrogens (primary N) is 1. The molecule has 7 nitrogen and oxygen atoms in total. The number of rotatable bonds is 7. The van der Waals surface area contributed by atoms with Crippen LogP contribution in [0.2, 0.25) is 0 Å². The highest BCUT2D eigenvalue weighted by Gasteiger charge is 2.26. The van der Waals surface area contributed by atoms with Crippen LogP contribution in [0.25, 0.3) is 21.7 Å². The number of hydrogen-bond acceptors (Lipinski definition) is 5. The highest BCUT2D eigenvalue weighted by molar-refractivity contribution is 6.45. The Hall–Kier alpha value is -4.13. The van der Waals surface area contributed by atoms with Gasteiger partial charge in [-0.1, -0.05) is 48.5 Å². The van der Waals surface area contributed by atoms with Crippen molar-refractivity contribution in [2.45, 2.75) is 13.5 Å². The van der Waals surface area contributed by atoms with Crippen molar-refractivity contribution in [1.82, 2.24) is 4.57 Å². The topological polar surface area (TPSA) is 101 Å². The standard InChI is InChI=1S/C25H22N2O5/c1-15-22(24(29)25(26)30)23-19(11-6-12-20(23)32-14-21(28)31-2)27(15)13-17-9-5-8-16-7-3-4-10-18(16)17/h3-12H,13-14H2,1-2H3,(H2,26,30). The van der Waals surface area contributed by atoms with Gasteiger partial charge in [0.2, 0.25) is 0 Å². The van der Waals surface area contributed by atoms with Gasteiger partial charge in [0, 0.05) is 12.2 Å². The summed E-state index contributed by atoms with van der Waals surface area (Å²) in [5, 5.41) is 2.64. The number of fused-ring (bicyclic) bond motifs is 2. The number of ketones is 1. The average Bonchev–Trinajstić information content (AvgIpc) is 3.08. The first kappa shape index (κ1) is 21.1. The van der Waals surface area contributed by atoms with Crippen molar-refractivity contribution < 1.29 is 23.9 Å². The number of carbonyl (C=O) groups excluding carboxylic acids is 3. The summed E-state index contributed by atoms with van der Waals surface area (Å²) in [7, 11) is 1.26. The Morgan fingerprint density at radius 3 is 2.44 bits per heavy atom. The Balaban J connectivity index is 1.91. The van der Waals surface area contributed by atoms with Gasteiger partial charge in [-0.3, -0.25) is 9.59 Å². The summed E-state index contributed by atoms with van der Waals surface area (Å²) in [6.07, 6.45) is 0. The zero-order chi connectivity index (χ0) is 22.8. The number of primary amides is 1. The molecule has 0 atom stereocenters. The molecule has 0 spiro atoms. The van der Waals surface area contributed by atoms with Gasteiger partial charge in [0.1, 0.15) is 5.75 Å². The Labute approximate surface area is 184 Å². The number of nitrogens with zero attached hydrogens (tertiary/aromatic N) is 1. The number of ether oxygens (including phenoxy) is 2. The van der Waals surface area contributed by atoms with Crippen molar-refractivity contribution in [3.63, 3.8) is 0 Å². The predicted octanol–water partition coefficient (Wildman–Crippen LogP) is 3.37. The SMILES string of the molecule is COC(=O)COc1cccc2c1c(C(=O)C(N)=O)c(C)n2Cc1cccc2ccccc12. The van der Waals surface area contributed by atoms with Gasteiger partial charge in [0.05, 0.1) is 23.6 Å². The summed E-state index contributed by atoms with van der Waals surface area (Å²) in [5.41, 5.74) is 7.86. The monoisotopic (exact) mass is 430 g/mol. The van der Waals surface area contributed by atoms with Crippen molar-refractivity contribution in [3.8, 4) is 5.75 Å². The third-order valence-corrected chi connectivity index (χ3v) is 5.54. The van der Waals surface area contributed by atoms with Crippen molar-refractivity contribution in [1.29, 1.82) is 0 Å². The van der Waals surface area contributed by atoms with Crippen molar-refractivity contribution in [2.24, 2.45) is 5.73 Å². The fraction of sp³-hybridized carbons (Fsp3) is 0.160. The first-order valence-corrected chi connectivity index (χ1v) is 10.0. The predicted molar refractivity (Wildman–Crippen MR) is 121 cm³/mol. The molecule has 0 bridgehead atoms. The fourth-order valence-corrected chi connectivity index (χ4v) is 4.01. The molecule has 0 aliphatic rings. The molecule has 1 heterocycles. The number of benzene rings is 3. The maximum atomic E-state index is 12.8. The number of carbonyl (C=O) groups is 3. The Kier molecular flexibility index (Phi) is 5.64. The van der Waals surface area contributed by atoms with Crippen LogP contribution in [-0.2, 0) is 20.9 Å². The lowest BCUT2D eigenvalue weighted by molar-refractivity contribution is -0.142. The Morgan fingerprint density at radius 1 is 0.969 bits per heavy atom. The molecule has 0 unspecified atom stereocenters. The summed E-state index contributed by atoms with van der Waals surface area (Å²) >= 11 is 0.